The first-order valence-electron chi connectivity index (χ1n) is 7.65. The number of carbonyl (C=O) groups is 2. The van der Waals surface area contributed by atoms with E-state index in [4.69, 9.17) is 0 Å². The molecule has 0 spiro atoms. The van der Waals surface area contributed by atoms with Gasteiger partial charge in [-0.25, -0.2) is 19.2 Å². The highest BCUT2D eigenvalue weighted by molar-refractivity contribution is 5.98. The van der Waals surface area contributed by atoms with Crippen LogP contribution >= 0.6 is 0 Å². The molecule has 0 aliphatic heterocycles. The minimum absolute atomic E-state index is 0.0954. The second-order valence-corrected chi connectivity index (χ2v) is 6.04. The number of carbonyl (C=O) groups excluding carboxylic acids is 2. The summed E-state index contributed by atoms with van der Waals surface area (Å²) in [5.74, 6) is -2.65. The fourth-order valence-corrected chi connectivity index (χ4v) is 3.00. The molecule has 136 valence electrons. The van der Waals surface area contributed by atoms with Crippen molar-refractivity contribution in [2.45, 2.75) is 19.3 Å². The van der Waals surface area contributed by atoms with Crippen molar-refractivity contribution in [1.82, 2.24) is 0 Å². The van der Waals surface area contributed by atoms with Crippen molar-refractivity contribution < 1.29 is 29.4 Å². The molecule has 0 atom stereocenters. The van der Waals surface area contributed by atoms with Crippen molar-refractivity contribution in [3.8, 4) is 0 Å². The zero-order valence-electron chi connectivity index (χ0n) is 14.4. The molecule has 27 heavy (non-hydrogen) atoms. The normalized spacial score (nSPS) is 10.4. The number of aliphatic imine (C=N–C) groups is 2. The standard InChI is InChI=1S/C19H14N2O6/c1-19(2,11-5-3-7-13(20-9-22)15(11)17(24)25)12-6-4-8-14(21-10-23)16(12)18(26)27/h3-8H,1-2H3,(H,24,25)(H,26,27). The number of nitrogens with zero attached hydrogens (tertiary/aromatic N) is 2. The summed E-state index contributed by atoms with van der Waals surface area (Å²) >= 11 is 0. The molecule has 2 aromatic carbocycles. The molecule has 8 heteroatoms. The number of carboxylic acid groups (broad SMARTS) is 2. The van der Waals surface area contributed by atoms with Crippen LogP contribution in [0, 0.1) is 0 Å². The maximum absolute atomic E-state index is 11.8. The Hall–Kier alpha value is -3.86. The van der Waals surface area contributed by atoms with Crippen LogP contribution in [0.3, 0.4) is 0 Å². The van der Waals surface area contributed by atoms with Gasteiger partial charge in [0.1, 0.15) is 0 Å². The van der Waals surface area contributed by atoms with E-state index in [1.54, 1.807) is 13.8 Å². The van der Waals surface area contributed by atoms with E-state index in [0.29, 0.717) is 0 Å². The van der Waals surface area contributed by atoms with Crippen LogP contribution in [0.5, 0.6) is 0 Å². The minimum atomic E-state index is -1.33. The first kappa shape index (κ1) is 19.5. The van der Waals surface area contributed by atoms with E-state index >= 15 is 0 Å². The monoisotopic (exact) mass is 366 g/mol. The number of isocyanates is 2. The van der Waals surface area contributed by atoms with Gasteiger partial charge in [0.05, 0.1) is 22.5 Å². The molecule has 0 aliphatic rings. The smallest absolute Gasteiger partial charge is 0.338 e. The largest absolute Gasteiger partial charge is 0.478 e. The lowest BCUT2D eigenvalue weighted by molar-refractivity contribution is 0.0687. The van der Waals surface area contributed by atoms with Crippen LogP contribution in [-0.4, -0.2) is 34.3 Å². The number of hydrogen-bond donors (Lipinski definition) is 2. The molecule has 8 nitrogen and oxygen atoms in total. The molecule has 0 saturated carbocycles. The number of benzene rings is 2. The van der Waals surface area contributed by atoms with Crippen molar-refractivity contribution in [1.29, 1.82) is 0 Å². The first-order valence-corrected chi connectivity index (χ1v) is 7.65. The second kappa shape index (κ2) is 7.58. The molecule has 2 aromatic rings. The molecule has 0 fully saturated rings. The lowest BCUT2D eigenvalue weighted by atomic mass is 9.73. The molecule has 0 radical (unpaired) electrons. The highest BCUT2D eigenvalue weighted by Crippen LogP contribution is 2.40. The van der Waals surface area contributed by atoms with Gasteiger partial charge in [0.2, 0.25) is 12.2 Å². The Bertz CT molecular complexity index is 947. The van der Waals surface area contributed by atoms with E-state index in [1.165, 1.54) is 48.6 Å². The summed E-state index contributed by atoms with van der Waals surface area (Å²) in [6.07, 6.45) is 2.63. The van der Waals surface area contributed by atoms with Gasteiger partial charge in [-0.3, -0.25) is 0 Å². The molecule has 0 saturated heterocycles. The number of aromatic carboxylic acids is 2. The molecule has 2 N–H and O–H groups in total. The Morgan fingerprint density at radius 2 is 1.19 bits per heavy atom. The van der Waals surface area contributed by atoms with E-state index in [1.807, 2.05) is 0 Å². The molecular formula is C19H14N2O6. The Morgan fingerprint density at radius 1 is 0.815 bits per heavy atom. The summed E-state index contributed by atoms with van der Waals surface area (Å²) in [7, 11) is 0. The van der Waals surface area contributed by atoms with E-state index in [2.05, 4.69) is 9.98 Å². The van der Waals surface area contributed by atoms with Gasteiger partial charge >= 0.3 is 11.9 Å². The third-order valence-corrected chi connectivity index (χ3v) is 4.19. The lowest BCUT2D eigenvalue weighted by Crippen LogP contribution is -2.25. The number of carboxylic acids is 2. The first-order chi connectivity index (χ1) is 12.8. The van der Waals surface area contributed by atoms with Crippen molar-refractivity contribution in [2.24, 2.45) is 9.98 Å². The molecule has 0 bridgehead atoms. The highest BCUT2D eigenvalue weighted by atomic mass is 16.4. The van der Waals surface area contributed by atoms with E-state index < -0.39 is 17.4 Å². The van der Waals surface area contributed by atoms with Crippen LogP contribution in [0.2, 0.25) is 0 Å². The van der Waals surface area contributed by atoms with Crippen LogP contribution in [0.1, 0.15) is 45.7 Å². The van der Waals surface area contributed by atoms with Crippen molar-refractivity contribution in [3.63, 3.8) is 0 Å². The minimum Gasteiger partial charge on any atom is -0.478 e. The topological polar surface area (TPSA) is 133 Å². The zero-order chi connectivity index (χ0) is 20.2. The molecule has 2 rings (SSSR count). The second-order valence-electron chi connectivity index (χ2n) is 6.04. The predicted octanol–water partition coefficient (Wildman–Crippen LogP) is 3.34. The van der Waals surface area contributed by atoms with Gasteiger partial charge in [-0.2, -0.15) is 9.98 Å². The maximum atomic E-state index is 11.8. The van der Waals surface area contributed by atoms with Crippen LogP contribution in [-0.2, 0) is 15.0 Å². The van der Waals surface area contributed by atoms with Crippen molar-refractivity contribution in [3.05, 3.63) is 58.7 Å². The maximum Gasteiger partial charge on any atom is 0.338 e. The van der Waals surface area contributed by atoms with Crippen LogP contribution in [0.15, 0.2) is 46.4 Å². The van der Waals surface area contributed by atoms with Gasteiger partial charge in [-0.15, -0.1) is 0 Å². The van der Waals surface area contributed by atoms with Crippen LogP contribution in [0.4, 0.5) is 11.4 Å². The quantitative estimate of drug-likeness (QED) is 0.595. The summed E-state index contributed by atoms with van der Waals surface area (Å²) in [4.78, 5) is 51.7. The summed E-state index contributed by atoms with van der Waals surface area (Å²) in [6, 6.07) is 8.72. The summed E-state index contributed by atoms with van der Waals surface area (Å²) in [5, 5.41) is 19.2. The van der Waals surface area contributed by atoms with E-state index in [0.717, 1.165) is 0 Å². The van der Waals surface area contributed by atoms with E-state index in [9.17, 15) is 29.4 Å². The fourth-order valence-electron chi connectivity index (χ4n) is 3.00. The highest BCUT2D eigenvalue weighted by Gasteiger charge is 2.34. The average molecular weight is 366 g/mol. The molecular weight excluding hydrogens is 352 g/mol. The zero-order valence-corrected chi connectivity index (χ0v) is 14.4. The molecule has 0 heterocycles. The van der Waals surface area contributed by atoms with Gasteiger partial charge in [0.25, 0.3) is 0 Å². The summed E-state index contributed by atoms with van der Waals surface area (Å²) in [6.45, 7) is 3.25. The third-order valence-electron chi connectivity index (χ3n) is 4.19. The number of rotatable bonds is 6. The lowest BCUT2D eigenvalue weighted by Gasteiger charge is -2.29. The average Bonchev–Trinajstić information content (AvgIpc) is 2.61. The predicted molar refractivity (Wildman–Crippen MR) is 94.5 cm³/mol. The van der Waals surface area contributed by atoms with Gasteiger partial charge < -0.3 is 10.2 Å². The molecule has 0 unspecified atom stereocenters. The Kier molecular flexibility index (Phi) is 5.46. The Balaban J connectivity index is 2.89. The van der Waals surface area contributed by atoms with Gasteiger partial charge in [0, 0.05) is 5.41 Å². The Labute approximate surface area is 153 Å². The fraction of sp³-hybridized carbons (Fsp3) is 0.158. The number of hydrogen-bond acceptors (Lipinski definition) is 6. The van der Waals surface area contributed by atoms with Crippen LogP contribution in [0.25, 0.3) is 0 Å². The summed E-state index contributed by atoms with van der Waals surface area (Å²) < 4.78 is 0. The summed E-state index contributed by atoms with van der Waals surface area (Å²) in [5.41, 5.74) is -1.34. The van der Waals surface area contributed by atoms with Crippen LogP contribution < -0.4 is 0 Å². The molecule has 0 aromatic heterocycles. The van der Waals surface area contributed by atoms with Gasteiger partial charge in [-0.05, 0) is 23.3 Å². The van der Waals surface area contributed by atoms with E-state index in [-0.39, 0.29) is 33.6 Å². The third kappa shape index (κ3) is 3.57. The Morgan fingerprint density at radius 3 is 1.48 bits per heavy atom. The van der Waals surface area contributed by atoms with Gasteiger partial charge in [0.15, 0.2) is 0 Å². The van der Waals surface area contributed by atoms with Gasteiger partial charge in [-0.1, -0.05) is 38.1 Å². The van der Waals surface area contributed by atoms with Crippen molar-refractivity contribution in [2.75, 3.05) is 0 Å². The molecule has 0 aliphatic carbocycles. The SMILES string of the molecule is CC(C)(c1cccc(N=C=O)c1C(=O)O)c1cccc(N=C=O)c1C(=O)O. The molecule has 0 amide bonds. The van der Waals surface area contributed by atoms with Crippen molar-refractivity contribution >= 4 is 35.5 Å².